The van der Waals surface area contributed by atoms with Gasteiger partial charge in [0.1, 0.15) is 17.7 Å². The molecular formula is C17H13F4N3O. The van der Waals surface area contributed by atoms with E-state index in [0.29, 0.717) is 31.3 Å². The van der Waals surface area contributed by atoms with Gasteiger partial charge in [0.15, 0.2) is 0 Å². The van der Waals surface area contributed by atoms with Crippen LogP contribution in [-0.4, -0.2) is 18.2 Å². The van der Waals surface area contributed by atoms with E-state index >= 15 is 0 Å². The summed E-state index contributed by atoms with van der Waals surface area (Å²) >= 11 is 0. The van der Waals surface area contributed by atoms with Crippen LogP contribution in [0.2, 0.25) is 0 Å². The zero-order valence-corrected chi connectivity index (χ0v) is 12.9. The van der Waals surface area contributed by atoms with Crippen LogP contribution in [0.4, 0.5) is 23.4 Å². The fourth-order valence-electron chi connectivity index (χ4n) is 2.92. The van der Waals surface area contributed by atoms with E-state index in [1.54, 1.807) is 0 Å². The largest absolute Gasteiger partial charge is 0.417 e. The predicted molar refractivity (Wildman–Crippen MR) is 81.9 cm³/mol. The number of anilines is 1. The van der Waals surface area contributed by atoms with Gasteiger partial charge in [-0.25, -0.2) is 9.37 Å². The van der Waals surface area contributed by atoms with E-state index in [2.05, 4.69) is 4.98 Å². The van der Waals surface area contributed by atoms with E-state index < -0.39 is 17.6 Å². The first-order chi connectivity index (χ1) is 11.8. The first-order valence-corrected chi connectivity index (χ1v) is 7.46. The van der Waals surface area contributed by atoms with Gasteiger partial charge in [0, 0.05) is 18.1 Å². The second kappa shape index (κ2) is 6.33. The van der Waals surface area contributed by atoms with Gasteiger partial charge in [-0.15, -0.1) is 0 Å². The minimum Gasteiger partial charge on any atom is -0.383 e. The Labute approximate surface area is 140 Å². The number of nitrogen functional groups attached to an aromatic ring is 1. The summed E-state index contributed by atoms with van der Waals surface area (Å²) < 4.78 is 58.4. The summed E-state index contributed by atoms with van der Waals surface area (Å²) in [5.41, 5.74) is 4.95. The predicted octanol–water partition coefficient (Wildman–Crippen LogP) is 3.86. The van der Waals surface area contributed by atoms with Gasteiger partial charge in [0.05, 0.1) is 23.4 Å². The molecule has 1 aliphatic rings. The molecule has 1 aromatic carbocycles. The van der Waals surface area contributed by atoms with Crippen LogP contribution in [0.3, 0.4) is 0 Å². The number of benzene rings is 1. The van der Waals surface area contributed by atoms with Gasteiger partial charge in [0.2, 0.25) is 0 Å². The maximum atomic E-state index is 13.3. The van der Waals surface area contributed by atoms with Gasteiger partial charge in [0.25, 0.3) is 0 Å². The molecule has 0 spiro atoms. The van der Waals surface area contributed by atoms with E-state index in [1.165, 1.54) is 6.07 Å². The number of hydrogen-bond donors (Lipinski definition) is 1. The Kier molecular flexibility index (Phi) is 4.35. The lowest BCUT2D eigenvalue weighted by molar-refractivity contribution is -0.137. The van der Waals surface area contributed by atoms with Crippen molar-refractivity contribution in [3.05, 3.63) is 46.8 Å². The number of hydrogen-bond acceptors (Lipinski definition) is 4. The molecule has 3 rings (SSSR count). The Hall–Kier alpha value is -2.66. The molecule has 1 aliphatic heterocycles. The molecule has 0 unspecified atom stereocenters. The number of alkyl halides is 3. The Morgan fingerprint density at radius 3 is 2.64 bits per heavy atom. The molecule has 1 aromatic heterocycles. The highest BCUT2D eigenvalue weighted by atomic mass is 19.4. The van der Waals surface area contributed by atoms with Crippen LogP contribution in [-0.2, 0) is 10.9 Å². The van der Waals surface area contributed by atoms with Crippen LogP contribution < -0.4 is 5.73 Å². The third-order valence-electron chi connectivity index (χ3n) is 4.12. The fraction of sp³-hybridized carbons (Fsp3) is 0.294. The minimum absolute atomic E-state index is 0.0503. The van der Waals surface area contributed by atoms with Crippen LogP contribution >= 0.6 is 0 Å². The number of aromatic nitrogens is 1. The van der Waals surface area contributed by atoms with Crippen LogP contribution in [0.25, 0.3) is 11.3 Å². The van der Waals surface area contributed by atoms with E-state index in [9.17, 15) is 22.8 Å². The smallest absolute Gasteiger partial charge is 0.383 e. The first-order valence-electron chi connectivity index (χ1n) is 7.46. The van der Waals surface area contributed by atoms with Gasteiger partial charge in [-0.3, -0.25) is 0 Å². The molecule has 4 nitrogen and oxygen atoms in total. The van der Waals surface area contributed by atoms with Crippen molar-refractivity contribution in [2.45, 2.75) is 18.5 Å². The average molecular weight is 351 g/mol. The first kappa shape index (κ1) is 17.2. The van der Waals surface area contributed by atoms with E-state index in [1.807, 2.05) is 6.07 Å². The van der Waals surface area contributed by atoms with Gasteiger partial charge >= 0.3 is 6.18 Å². The highest BCUT2D eigenvalue weighted by Gasteiger charge is 2.35. The van der Waals surface area contributed by atoms with Crippen molar-refractivity contribution < 1.29 is 22.3 Å². The molecule has 2 aromatic rings. The Morgan fingerprint density at radius 2 is 2.04 bits per heavy atom. The molecule has 1 atom stereocenters. The van der Waals surface area contributed by atoms with Crippen LogP contribution in [0, 0.1) is 17.1 Å². The van der Waals surface area contributed by atoms with Crippen molar-refractivity contribution in [2.75, 3.05) is 18.9 Å². The molecular weight excluding hydrogens is 338 g/mol. The summed E-state index contributed by atoms with van der Waals surface area (Å²) in [6, 6.07) is 5.73. The Balaban J connectivity index is 2.21. The van der Waals surface area contributed by atoms with E-state index in [-0.39, 0.29) is 28.6 Å². The minimum atomic E-state index is -4.75. The van der Waals surface area contributed by atoms with Crippen molar-refractivity contribution in [2.24, 2.45) is 0 Å². The number of nitrogens with two attached hydrogens (primary N) is 1. The molecule has 2 N–H and O–H groups in total. The van der Waals surface area contributed by atoms with Crippen molar-refractivity contribution in [3.8, 4) is 17.3 Å². The molecule has 8 heteroatoms. The topological polar surface area (TPSA) is 71.9 Å². The lowest BCUT2D eigenvalue weighted by Gasteiger charge is -2.17. The van der Waals surface area contributed by atoms with Gasteiger partial charge < -0.3 is 10.5 Å². The highest BCUT2D eigenvalue weighted by Crippen LogP contribution is 2.39. The van der Waals surface area contributed by atoms with E-state index in [4.69, 9.17) is 10.5 Å². The standard InChI is InChI=1S/C17H13F4N3O/c18-10-1-2-11(14(5-10)17(19,20)21)15-6-12(9-3-4-25-8-9)13(7-22)16(23)24-15/h1-2,5-6,9H,3-4,8H2,(H2,23,24)/t9-/m1/s1. The molecule has 1 saturated heterocycles. The molecule has 0 amide bonds. The van der Waals surface area contributed by atoms with Crippen LogP contribution in [0.15, 0.2) is 24.3 Å². The summed E-state index contributed by atoms with van der Waals surface area (Å²) in [5.74, 6) is -1.30. The van der Waals surface area contributed by atoms with Crippen LogP contribution in [0.5, 0.6) is 0 Å². The monoisotopic (exact) mass is 351 g/mol. The van der Waals surface area contributed by atoms with E-state index in [0.717, 1.165) is 12.1 Å². The SMILES string of the molecule is N#Cc1c([C@@H]2CCOC2)cc(-c2ccc(F)cc2C(F)(F)F)nc1N. The van der Waals surface area contributed by atoms with Crippen molar-refractivity contribution in [3.63, 3.8) is 0 Å². The Bertz CT molecular complexity index is 852. The normalized spacial score (nSPS) is 17.5. The summed E-state index contributed by atoms with van der Waals surface area (Å²) in [6.07, 6.45) is -4.12. The maximum Gasteiger partial charge on any atom is 0.417 e. The molecule has 2 heterocycles. The molecule has 130 valence electrons. The van der Waals surface area contributed by atoms with Crippen LogP contribution in [0.1, 0.15) is 29.0 Å². The Morgan fingerprint density at radius 1 is 1.28 bits per heavy atom. The lowest BCUT2D eigenvalue weighted by Crippen LogP contribution is -2.11. The third kappa shape index (κ3) is 3.28. The second-order valence-corrected chi connectivity index (χ2v) is 5.72. The third-order valence-corrected chi connectivity index (χ3v) is 4.12. The number of pyridine rings is 1. The molecule has 1 fully saturated rings. The quantitative estimate of drug-likeness (QED) is 0.834. The number of nitriles is 1. The molecule has 25 heavy (non-hydrogen) atoms. The van der Waals surface area contributed by atoms with Gasteiger partial charge in [-0.05, 0) is 36.2 Å². The van der Waals surface area contributed by atoms with Gasteiger partial charge in [-0.2, -0.15) is 18.4 Å². The molecule has 0 radical (unpaired) electrons. The highest BCUT2D eigenvalue weighted by molar-refractivity contribution is 5.70. The fourth-order valence-corrected chi connectivity index (χ4v) is 2.92. The summed E-state index contributed by atoms with van der Waals surface area (Å²) in [5, 5.41) is 9.30. The zero-order chi connectivity index (χ0) is 18.2. The summed E-state index contributed by atoms with van der Waals surface area (Å²) in [4.78, 5) is 3.94. The van der Waals surface area contributed by atoms with Crippen molar-refractivity contribution >= 4 is 5.82 Å². The maximum absolute atomic E-state index is 13.3. The molecule has 0 bridgehead atoms. The summed E-state index contributed by atoms with van der Waals surface area (Å²) in [7, 11) is 0. The molecule has 0 saturated carbocycles. The second-order valence-electron chi connectivity index (χ2n) is 5.72. The summed E-state index contributed by atoms with van der Waals surface area (Å²) in [6.45, 7) is 0.852. The number of nitrogens with zero attached hydrogens (tertiary/aromatic N) is 2. The lowest BCUT2D eigenvalue weighted by atomic mass is 9.92. The average Bonchev–Trinajstić information content (AvgIpc) is 3.07. The molecule has 0 aliphatic carbocycles. The number of ether oxygens (including phenoxy) is 1. The van der Waals surface area contributed by atoms with Crippen molar-refractivity contribution in [1.82, 2.24) is 4.98 Å². The zero-order valence-electron chi connectivity index (χ0n) is 12.9. The van der Waals surface area contributed by atoms with Crippen molar-refractivity contribution in [1.29, 1.82) is 5.26 Å². The number of halogens is 4. The number of rotatable bonds is 2. The van der Waals surface area contributed by atoms with Gasteiger partial charge in [-0.1, -0.05) is 0 Å².